The van der Waals surface area contributed by atoms with Crippen LogP contribution in [0.1, 0.15) is 10.4 Å². The Balaban J connectivity index is 2.38. The first-order valence-corrected chi connectivity index (χ1v) is 5.27. The van der Waals surface area contributed by atoms with Gasteiger partial charge < -0.3 is 14.3 Å². The molecule has 0 spiro atoms. The highest BCUT2D eigenvalue weighted by Gasteiger charge is 2.05. The first-order valence-electron chi connectivity index (χ1n) is 5.27. The maximum atomic E-state index is 11.6. The van der Waals surface area contributed by atoms with Crippen LogP contribution in [-0.4, -0.2) is 26.1 Å². The van der Waals surface area contributed by atoms with Crippen molar-refractivity contribution >= 4 is 11.9 Å². The van der Waals surface area contributed by atoms with Crippen molar-refractivity contribution in [2.45, 2.75) is 0 Å². The molecule has 1 aromatic rings. The van der Waals surface area contributed by atoms with Crippen LogP contribution in [0.2, 0.25) is 0 Å². The number of hydrogen-bond acceptors (Lipinski definition) is 6. The van der Waals surface area contributed by atoms with Crippen LogP contribution in [0.3, 0.4) is 0 Å². The number of methoxy groups -OCH3 is 2. The van der Waals surface area contributed by atoms with Gasteiger partial charge in [0.2, 0.25) is 0 Å². The van der Waals surface area contributed by atoms with Gasteiger partial charge in [-0.05, 0) is 24.3 Å². The molecule has 0 aliphatic heterocycles. The molecule has 0 atom stereocenters. The second-order valence-electron chi connectivity index (χ2n) is 3.24. The lowest BCUT2D eigenvalue weighted by Crippen LogP contribution is -2.38. The van der Waals surface area contributed by atoms with Gasteiger partial charge in [0.15, 0.2) is 0 Å². The highest BCUT2D eigenvalue weighted by Crippen LogP contribution is 2.10. The topological polar surface area (TPSA) is 85.9 Å². The van der Waals surface area contributed by atoms with Crippen molar-refractivity contribution in [3.63, 3.8) is 0 Å². The van der Waals surface area contributed by atoms with Gasteiger partial charge in [0.1, 0.15) is 5.75 Å². The van der Waals surface area contributed by atoms with Crippen LogP contribution in [0.25, 0.3) is 0 Å². The summed E-state index contributed by atoms with van der Waals surface area (Å²) in [5, 5.41) is 0. The predicted octanol–water partition coefficient (Wildman–Crippen LogP) is 0.548. The van der Waals surface area contributed by atoms with Crippen molar-refractivity contribution in [1.29, 1.82) is 0 Å². The highest BCUT2D eigenvalue weighted by atomic mass is 16.7. The fourth-order valence-corrected chi connectivity index (χ4v) is 1.09. The predicted molar refractivity (Wildman–Crippen MR) is 65.8 cm³/mol. The summed E-state index contributed by atoms with van der Waals surface area (Å²) in [5.74, 6) is -0.524. The maximum Gasteiger partial charge on any atom is 0.354 e. The summed E-state index contributed by atoms with van der Waals surface area (Å²) in [6, 6.07) is 6.43. The van der Waals surface area contributed by atoms with Crippen LogP contribution < -0.4 is 15.8 Å². The Bertz CT molecular complexity index is 456. The van der Waals surface area contributed by atoms with Gasteiger partial charge in [0, 0.05) is 5.56 Å². The van der Waals surface area contributed by atoms with E-state index in [9.17, 15) is 9.59 Å². The smallest absolute Gasteiger partial charge is 0.354 e. The Hall–Kier alpha value is -2.54. The Labute approximate surface area is 110 Å². The molecule has 0 saturated heterocycles. The molecule has 0 aliphatic rings. The van der Waals surface area contributed by atoms with Crippen molar-refractivity contribution in [1.82, 2.24) is 11.0 Å². The average molecular weight is 266 g/mol. The van der Waals surface area contributed by atoms with E-state index < -0.39 is 11.9 Å². The summed E-state index contributed by atoms with van der Waals surface area (Å²) in [6.45, 7) is 0. The zero-order valence-electron chi connectivity index (χ0n) is 10.5. The SMILES string of the molecule is COC=CC(=O)ONNC(=O)c1ccc(OC)cc1. The molecule has 0 aromatic heterocycles. The Morgan fingerprint density at radius 1 is 1.16 bits per heavy atom. The van der Waals surface area contributed by atoms with Crippen LogP contribution in [0.4, 0.5) is 0 Å². The van der Waals surface area contributed by atoms with Gasteiger partial charge in [-0.2, -0.15) is 0 Å². The van der Waals surface area contributed by atoms with Crippen LogP contribution in [0, 0.1) is 0 Å². The summed E-state index contributed by atoms with van der Waals surface area (Å²) in [4.78, 5) is 27.0. The lowest BCUT2D eigenvalue weighted by Gasteiger charge is -2.06. The molecule has 0 saturated carbocycles. The van der Waals surface area contributed by atoms with Crippen LogP contribution in [-0.2, 0) is 14.4 Å². The molecule has 1 rings (SSSR count). The number of carbonyl (C=O) groups excluding carboxylic acids is 2. The highest BCUT2D eigenvalue weighted by molar-refractivity contribution is 5.94. The number of nitrogens with one attached hydrogen (secondary N) is 2. The molecule has 0 radical (unpaired) electrons. The summed E-state index contributed by atoms with van der Waals surface area (Å²) in [6.07, 6.45) is 2.20. The first-order chi connectivity index (χ1) is 9.17. The Kier molecular flexibility index (Phi) is 5.90. The van der Waals surface area contributed by atoms with Gasteiger partial charge in [-0.25, -0.2) is 4.79 Å². The van der Waals surface area contributed by atoms with Gasteiger partial charge in [-0.3, -0.25) is 10.2 Å². The molecule has 19 heavy (non-hydrogen) atoms. The molecule has 1 aromatic carbocycles. The normalized spacial score (nSPS) is 10.0. The number of rotatable bonds is 6. The maximum absolute atomic E-state index is 11.6. The van der Waals surface area contributed by atoms with Crippen molar-refractivity contribution in [2.24, 2.45) is 0 Å². The van der Waals surface area contributed by atoms with Gasteiger partial charge in [0.05, 0.1) is 26.6 Å². The van der Waals surface area contributed by atoms with Crippen LogP contribution in [0.15, 0.2) is 36.6 Å². The minimum Gasteiger partial charge on any atom is -0.504 e. The van der Waals surface area contributed by atoms with E-state index >= 15 is 0 Å². The van der Waals surface area contributed by atoms with E-state index in [1.165, 1.54) is 14.2 Å². The van der Waals surface area contributed by atoms with E-state index in [0.717, 1.165) is 12.3 Å². The van der Waals surface area contributed by atoms with Gasteiger partial charge in [-0.15, -0.1) is 0 Å². The van der Waals surface area contributed by atoms with Crippen LogP contribution >= 0.6 is 0 Å². The standard InChI is InChI=1S/C12H14N2O5/c1-17-8-7-11(15)19-14-13-12(16)9-3-5-10(18-2)6-4-9/h3-8,14H,1-2H3,(H,13,16). The molecular weight excluding hydrogens is 252 g/mol. The fourth-order valence-electron chi connectivity index (χ4n) is 1.09. The van der Waals surface area contributed by atoms with E-state index in [1.54, 1.807) is 24.3 Å². The monoisotopic (exact) mass is 266 g/mol. The molecule has 102 valence electrons. The molecular formula is C12H14N2O5. The molecule has 1 amide bonds. The molecule has 7 heteroatoms. The average Bonchev–Trinajstić information content (AvgIpc) is 2.45. The van der Waals surface area contributed by atoms with Crippen molar-refractivity contribution in [3.8, 4) is 5.75 Å². The molecule has 0 heterocycles. The molecule has 2 N–H and O–H groups in total. The van der Waals surface area contributed by atoms with Crippen LogP contribution in [0.5, 0.6) is 5.75 Å². The minimum atomic E-state index is -0.711. The summed E-state index contributed by atoms with van der Waals surface area (Å²) in [5.41, 5.74) is 4.62. The summed E-state index contributed by atoms with van der Waals surface area (Å²) < 4.78 is 9.49. The largest absolute Gasteiger partial charge is 0.504 e. The third kappa shape index (κ3) is 5.09. The lowest BCUT2D eigenvalue weighted by molar-refractivity contribution is -0.146. The lowest BCUT2D eigenvalue weighted by atomic mass is 10.2. The van der Waals surface area contributed by atoms with Crippen molar-refractivity contribution < 1.29 is 23.9 Å². The molecule has 7 nitrogen and oxygen atoms in total. The minimum absolute atomic E-state index is 0.386. The zero-order chi connectivity index (χ0) is 14.1. The number of ether oxygens (including phenoxy) is 2. The molecule has 0 bridgehead atoms. The van der Waals surface area contributed by atoms with Gasteiger partial charge in [-0.1, -0.05) is 5.59 Å². The van der Waals surface area contributed by atoms with Crippen molar-refractivity contribution in [2.75, 3.05) is 14.2 Å². The number of benzene rings is 1. The number of carbonyl (C=O) groups is 2. The quantitative estimate of drug-likeness (QED) is 0.444. The molecule has 0 aliphatic carbocycles. The summed E-state index contributed by atoms with van der Waals surface area (Å²) in [7, 11) is 2.92. The Morgan fingerprint density at radius 3 is 2.42 bits per heavy atom. The van der Waals surface area contributed by atoms with Gasteiger partial charge >= 0.3 is 5.97 Å². The second-order valence-corrected chi connectivity index (χ2v) is 3.24. The molecule has 0 fully saturated rings. The second kappa shape index (κ2) is 7.72. The Morgan fingerprint density at radius 2 is 1.84 bits per heavy atom. The van der Waals surface area contributed by atoms with E-state index in [2.05, 4.69) is 15.0 Å². The van der Waals surface area contributed by atoms with E-state index in [4.69, 9.17) is 4.74 Å². The molecule has 0 unspecified atom stereocenters. The van der Waals surface area contributed by atoms with Crippen molar-refractivity contribution in [3.05, 3.63) is 42.2 Å². The van der Waals surface area contributed by atoms with Gasteiger partial charge in [0.25, 0.3) is 5.91 Å². The number of amides is 1. The number of hydrazine groups is 1. The third-order valence-electron chi connectivity index (χ3n) is 2.01. The van der Waals surface area contributed by atoms with E-state index in [1.807, 2.05) is 5.59 Å². The van der Waals surface area contributed by atoms with E-state index in [0.29, 0.717) is 11.3 Å². The number of hydrogen-bond donors (Lipinski definition) is 2. The van der Waals surface area contributed by atoms with E-state index in [-0.39, 0.29) is 0 Å². The first kappa shape index (κ1) is 14.5. The zero-order valence-corrected chi connectivity index (χ0v) is 10.5. The fraction of sp³-hybridized carbons (Fsp3) is 0.167. The third-order valence-corrected chi connectivity index (χ3v) is 2.01. The summed E-state index contributed by atoms with van der Waals surface area (Å²) >= 11 is 0.